The Bertz CT molecular complexity index is 510. The summed E-state index contributed by atoms with van der Waals surface area (Å²) in [6.45, 7) is 0. The molecule has 0 amide bonds. The fourth-order valence-electron chi connectivity index (χ4n) is 1.34. The molecule has 2 rings (SSSR count). The minimum atomic E-state index is 0.214. The zero-order valence-electron chi connectivity index (χ0n) is 8.22. The lowest BCUT2D eigenvalue weighted by atomic mass is 10.3. The van der Waals surface area contributed by atoms with Crippen LogP contribution < -0.4 is 11.1 Å². The summed E-state index contributed by atoms with van der Waals surface area (Å²) in [7, 11) is 0. The van der Waals surface area contributed by atoms with E-state index in [-0.39, 0.29) is 5.11 Å². The molecule has 0 aliphatic heterocycles. The largest absolute Gasteiger partial charge is 0.376 e. The first-order valence-corrected chi connectivity index (χ1v) is 5.30. The Morgan fingerprint density at radius 2 is 2.31 bits per heavy atom. The average Bonchev–Trinajstić information content (AvgIpc) is 2.69. The molecule has 82 valence electrons. The summed E-state index contributed by atoms with van der Waals surface area (Å²) in [5, 5.41) is 3.63. The molecule has 0 saturated carbocycles. The van der Waals surface area contributed by atoms with E-state index >= 15 is 0 Å². The van der Waals surface area contributed by atoms with Crippen molar-refractivity contribution in [1.82, 2.24) is 9.55 Å². The van der Waals surface area contributed by atoms with Gasteiger partial charge in [-0.1, -0.05) is 11.6 Å². The van der Waals surface area contributed by atoms with Gasteiger partial charge in [-0.05, 0) is 30.4 Å². The predicted octanol–water partition coefficient (Wildman–Crippen LogP) is 2.18. The summed E-state index contributed by atoms with van der Waals surface area (Å²) in [5.74, 6) is 0. The highest BCUT2D eigenvalue weighted by molar-refractivity contribution is 7.80. The highest BCUT2D eigenvalue weighted by Crippen LogP contribution is 2.23. The van der Waals surface area contributed by atoms with E-state index in [1.165, 1.54) is 0 Å². The number of rotatable bonds is 2. The lowest BCUT2D eigenvalue weighted by Gasteiger charge is -2.08. The van der Waals surface area contributed by atoms with Crippen LogP contribution in [0.3, 0.4) is 0 Å². The molecule has 6 heteroatoms. The maximum absolute atomic E-state index is 6.13. The smallest absolute Gasteiger partial charge is 0.168 e. The van der Waals surface area contributed by atoms with Gasteiger partial charge in [-0.2, -0.15) is 0 Å². The third-order valence-corrected chi connectivity index (χ3v) is 2.40. The van der Waals surface area contributed by atoms with Crippen LogP contribution in [0.5, 0.6) is 0 Å². The van der Waals surface area contributed by atoms with E-state index in [4.69, 9.17) is 29.6 Å². The lowest BCUT2D eigenvalue weighted by molar-refractivity contribution is 1.06. The van der Waals surface area contributed by atoms with Crippen molar-refractivity contribution in [1.29, 1.82) is 0 Å². The number of benzene rings is 1. The van der Waals surface area contributed by atoms with Gasteiger partial charge >= 0.3 is 0 Å². The van der Waals surface area contributed by atoms with E-state index in [0.29, 0.717) is 5.02 Å². The van der Waals surface area contributed by atoms with Gasteiger partial charge in [-0.15, -0.1) is 0 Å². The fourth-order valence-corrected chi connectivity index (χ4v) is 1.73. The number of imidazole rings is 1. The van der Waals surface area contributed by atoms with Gasteiger partial charge < -0.3 is 15.6 Å². The first-order valence-electron chi connectivity index (χ1n) is 4.51. The SMILES string of the molecule is NC(=S)Nc1ccc(-n2ccnc2)c(Cl)c1. The Kier molecular flexibility index (Phi) is 3.07. The molecule has 3 N–H and O–H groups in total. The molecule has 0 spiro atoms. The van der Waals surface area contributed by atoms with Crippen LogP contribution in [0.15, 0.2) is 36.9 Å². The van der Waals surface area contributed by atoms with Crippen LogP contribution in [0.1, 0.15) is 0 Å². The molecule has 0 saturated heterocycles. The summed E-state index contributed by atoms with van der Waals surface area (Å²) >= 11 is 10.9. The van der Waals surface area contributed by atoms with Gasteiger partial charge in [0.05, 0.1) is 17.0 Å². The summed E-state index contributed by atoms with van der Waals surface area (Å²) in [6.07, 6.45) is 5.20. The van der Waals surface area contributed by atoms with Crippen LogP contribution in [-0.2, 0) is 0 Å². The Balaban J connectivity index is 2.34. The number of nitrogens with two attached hydrogens (primary N) is 1. The van der Waals surface area contributed by atoms with Gasteiger partial charge in [0, 0.05) is 18.1 Å². The summed E-state index contributed by atoms with van der Waals surface area (Å²) in [6, 6.07) is 5.47. The number of nitrogens with zero attached hydrogens (tertiary/aromatic N) is 2. The van der Waals surface area contributed by atoms with Crippen molar-refractivity contribution >= 4 is 34.6 Å². The molecule has 0 aliphatic carbocycles. The minimum absolute atomic E-state index is 0.214. The van der Waals surface area contributed by atoms with Crippen molar-refractivity contribution in [3.8, 4) is 5.69 Å². The topological polar surface area (TPSA) is 55.9 Å². The summed E-state index contributed by atoms with van der Waals surface area (Å²) < 4.78 is 1.83. The Morgan fingerprint density at radius 1 is 1.50 bits per heavy atom. The number of hydrogen-bond acceptors (Lipinski definition) is 2. The van der Waals surface area contributed by atoms with E-state index < -0.39 is 0 Å². The second-order valence-electron chi connectivity index (χ2n) is 3.13. The van der Waals surface area contributed by atoms with Crippen LogP contribution in [0, 0.1) is 0 Å². The molecule has 1 aromatic heterocycles. The third kappa shape index (κ3) is 2.32. The maximum Gasteiger partial charge on any atom is 0.168 e. The lowest BCUT2D eigenvalue weighted by Crippen LogP contribution is -2.18. The molecule has 2 aromatic rings. The zero-order chi connectivity index (χ0) is 11.5. The molecule has 4 nitrogen and oxygen atoms in total. The second-order valence-corrected chi connectivity index (χ2v) is 3.97. The summed E-state index contributed by atoms with van der Waals surface area (Å²) in [4.78, 5) is 3.96. The molecular formula is C10H9ClN4S. The number of anilines is 1. The monoisotopic (exact) mass is 252 g/mol. The van der Waals surface area contributed by atoms with Crippen molar-refractivity contribution in [2.24, 2.45) is 5.73 Å². The number of aromatic nitrogens is 2. The molecule has 0 atom stereocenters. The maximum atomic E-state index is 6.13. The van der Waals surface area contributed by atoms with Gasteiger partial charge in [0.1, 0.15) is 0 Å². The highest BCUT2D eigenvalue weighted by atomic mass is 35.5. The Morgan fingerprint density at radius 3 is 2.88 bits per heavy atom. The van der Waals surface area contributed by atoms with Crippen molar-refractivity contribution in [3.63, 3.8) is 0 Å². The van der Waals surface area contributed by atoms with E-state index in [9.17, 15) is 0 Å². The quantitative estimate of drug-likeness (QED) is 0.805. The number of thiocarbonyl (C=S) groups is 1. The summed E-state index contributed by atoms with van der Waals surface area (Å²) in [5.41, 5.74) is 6.99. The van der Waals surface area contributed by atoms with Crippen molar-refractivity contribution in [2.45, 2.75) is 0 Å². The molecular weight excluding hydrogens is 244 g/mol. The predicted molar refractivity (Wildman–Crippen MR) is 69.0 cm³/mol. The zero-order valence-corrected chi connectivity index (χ0v) is 9.79. The molecule has 0 fully saturated rings. The van der Waals surface area contributed by atoms with E-state index in [2.05, 4.69) is 10.3 Å². The van der Waals surface area contributed by atoms with Gasteiger partial charge in [0.15, 0.2) is 5.11 Å². The van der Waals surface area contributed by atoms with E-state index in [1.54, 1.807) is 18.6 Å². The number of halogens is 1. The third-order valence-electron chi connectivity index (χ3n) is 2.00. The van der Waals surface area contributed by atoms with Crippen LogP contribution in [0.2, 0.25) is 5.02 Å². The van der Waals surface area contributed by atoms with Crippen LogP contribution in [0.25, 0.3) is 5.69 Å². The molecule has 0 bridgehead atoms. The first-order chi connectivity index (χ1) is 7.66. The van der Waals surface area contributed by atoms with Crippen LogP contribution in [0.4, 0.5) is 5.69 Å². The fraction of sp³-hybridized carbons (Fsp3) is 0. The number of hydrogen-bond donors (Lipinski definition) is 2. The van der Waals surface area contributed by atoms with Crippen molar-refractivity contribution in [2.75, 3.05) is 5.32 Å². The van der Waals surface area contributed by atoms with Crippen LogP contribution in [-0.4, -0.2) is 14.7 Å². The molecule has 1 heterocycles. The number of nitrogens with one attached hydrogen (secondary N) is 1. The standard InChI is InChI=1S/C10H9ClN4S/c11-8-5-7(14-10(12)16)1-2-9(8)15-4-3-13-6-15/h1-6H,(H3,12,14,16). The normalized spacial score (nSPS) is 10.1. The molecule has 16 heavy (non-hydrogen) atoms. The molecule has 0 aliphatic rings. The van der Waals surface area contributed by atoms with Gasteiger partial charge in [-0.25, -0.2) is 4.98 Å². The van der Waals surface area contributed by atoms with Crippen molar-refractivity contribution < 1.29 is 0 Å². The molecule has 0 unspecified atom stereocenters. The average molecular weight is 253 g/mol. The van der Waals surface area contributed by atoms with E-state index in [1.807, 2.05) is 22.9 Å². The highest BCUT2D eigenvalue weighted by Gasteiger charge is 2.03. The molecule has 1 aromatic carbocycles. The second kappa shape index (κ2) is 4.51. The van der Waals surface area contributed by atoms with Gasteiger partial charge in [0.2, 0.25) is 0 Å². The Hall–Kier alpha value is -1.59. The van der Waals surface area contributed by atoms with Gasteiger partial charge in [0.25, 0.3) is 0 Å². The Labute approximate surface area is 103 Å². The van der Waals surface area contributed by atoms with Crippen molar-refractivity contribution in [3.05, 3.63) is 41.9 Å². The first kappa shape index (κ1) is 10.9. The van der Waals surface area contributed by atoms with Gasteiger partial charge in [-0.3, -0.25) is 0 Å². The minimum Gasteiger partial charge on any atom is -0.376 e. The molecule has 0 radical (unpaired) electrons. The van der Waals surface area contributed by atoms with E-state index in [0.717, 1.165) is 11.4 Å². The van der Waals surface area contributed by atoms with Crippen LogP contribution >= 0.6 is 23.8 Å².